The maximum Gasteiger partial charge on any atom is 0.0406 e. The Kier molecular flexibility index (Phi) is 3.74. The summed E-state index contributed by atoms with van der Waals surface area (Å²) >= 11 is 7.87. The van der Waals surface area contributed by atoms with Gasteiger partial charge in [-0.1, -0.05) is 23.7 Å². The monoisotopic (exact) mass is 227 g/mol. The quantitative estimate of drug-likeness (QED) is 0.834. The summed E-state index contributed by atoms with van der Waals surface area (Å²) in [4.78, 5) is 0. The van der Waals surface area contributed by atoms with Crippen LogP contribution in [0.1, 0.15) is 5.56 Å². The van der Waals surface area contributed by atoms with E-state index in [0.717, 1.165) is 18.0 Å². The van der Waals surface area contributed by atoms with Crippen molar-refractivity contribution < 1.29 is 0 Å². The van der Waals surface area contributed by atoms with E-state index in [0.29, 0.717) is 6.04 Å². The van der Waals surface area contributed by atoms with Gasteiger partial charge in [-0.25, -0.2) is 0 Å². The molecule has 76 valence electrons. The van der Waals surface area contributed by atoms with Crippen molar-refractivity contribution in [2.45, 2.75) is 12.5 Å². The van der Waals surface area contributed by atoms with Gasteiger partial charge in [-0.05, 0) is 24.1 Å². The molecular weight excluding hydrogens is 214 g/mol. The first-order chi connectivity index (χ1) is 6.84. The van der Waals surface area contributed by atoms with Gasteiger partial charge in [0.25, 0.3) is 0 Å². The number of rotatable bonds is 2. The molecule has 0 spiro atoms. The Hall–Kier alpha value is -0.180. The summed E-state index contributed by atoms with van der Waals surface area (Å²) in [6, 6.07) is 8.79. The third kappa shape index (κ3) is 2.91. The van der Waals surface area contributed by atoms with Crippen LogP contribution in [0, 0.1) is 0 Å². The number of benzene rings is 1. The van der Waals surface area contributed by atoms with Crippen molar-refractivity contribution in [2.24, 2.45) is 0 Å². The van der Waals surface area contributed by atoms with Crippen LogP contribution in [-0.4, -0.2) is 24.1 Å². The molecule has 1 aromatic carbocycles. The molecule has 1 unspecified atom stereocenters. The molecule has 14 heavy (non-hydrogen) atoms. The second kappa shape index (κ2) is 5.06. The molecule has 2 rings (SSSR count). The third-order valence-corrected chi connectivity index (χ3v) is 3.78. The first kappa shape index (κ1) is 10.3. The van der Waals surface area contributed by atoms with Crippen molar-refractivity contribution in [1.29, 1.82) is 0 Å². The Labute approximate surface area is 94.2 Å². The molecule has 1 nitrogen and oxygen atoms in total. The number of halogens is 1. The maximum absolute atomic E-state index is 5.83. The molecule has 0 bridgehead atoms. The Morgan fingerprint density at radius 3 is 2.79 bits per heavy atom. The average Bonchev–Trinajstić information content (AvgIpc) is 2.23. The Balaban J connectivity index is 1.92. The Morgan fingerprint density at radius 1 is 1.36 bits per heavy atom. The van der Waals surface area contributed by atoms with Crippen LogP contribution in [0.2, 0.25) is 5.02 Å². The summed E-state index contributed by atoms with van der Waals surface area (Å²) in [7, 11) is 0. The van der Waals surface area contributed by atoms with Gasteiger partial charge in [0, 0.05) is 29.1 Å². The lowest BCUT2D eigenvalue weighted by molar-refractivity contribution is 0.563. The molecule has 1 saturated heterocycles. The summed E-state index contributed by atoms with van der Waals surface area (Å²) in [5, 5.41) is 4.35. The highest BCUT2D eigenvalue weighted by Crippen LogP contribution is 2.14. The SMILES string of the molecule is Clc1ccc(CC2CSCCN2)cc1. The molecule has 1 atom stereocenters. The third-order valence-electron chi connectivity index (χ3n) is 2.39. The van der Waals surface area contributed by atoms with Crippen molar-refractivity contribution in [2.75, 3.05) is 18.1 Å². The minimum atomic E-state index is 0.634. The summed E-state index contributed by atoms with van der Waals surface area (Å²) in [6.45, 7) is 1.14. The molecule has 1 aromatic rings. The fourth-order valence-corrected chi connectivity index (χ4v) is 2.73. The van der Waals surface area contributed by atoms with Crippen LogP contribution in [0.25, 0.3) is 0 Å². The first-order valence-electron chi connectivity index (χ1n) is 4.90. The maximum atomic E-state index is 5.83. The summed E-state index contributed by atoms with van der Waals surface area (Å²) < 4.78 is 0. The van der Waals surface area contributed by atoms with Gasteiger partial charge in [0.2, 0.25) is 0 Å². The first-order valence-corrected chi connectivity index (χ1v) is 6.43. The van der Waals surface area contributed by atoms with Crippen molar-refractivity contribution in [1.82, 2.24) is 5.32 Å². The molecular formula is C11H14ClNS. The minimum Gasteiger partial charge on any atom is -0.312 e. The molecule has 1 heterocycles. The standard InChI is InChI=1S/C11H14ClNS/c12-10-3-1-9(2-4-10)7-11-8-14-6-5-13-11/h1-4,11,13H,5-8H2. The summed E-state index contributed by atoms with van der Waals surface area (Å²) in [5.74, 6) is 2.47. The lowest BCUT2D eigenvalue weighted by atomic mass is 10.1. The fourth-order valence-electron chi connectivity index (χ4n) is 1.66. The summed E-state index contributed by atoms with van der Waals surface area (Å²) in [5.41, 5.74) is 1.37. The van der Waals surface area contributed by atoms with Crippen molar-refractivity contribution in [3.05, 3.63) is 34.9 Å². The molecule has 0 aliphatic carbocycles. The van der Waals surface area contributed by atoms with E-state index in [9.17, 15) is 0 Å². The largest absolute Gasteiger partial charge is 0.312 e. The van der Waals surface area contributed by atoms with E-state index in [1.54, 1.807) is 0 Å². The molecule has 0 aromatic heterocycles. The Morgan fingerprint density at radius 2 is 2.14 bits per heavy atom. The molecule has 0 radical (unpaired) electrons. The highest BCUT2D eigenvalue weighted by atomic mass is 35.5. The zero-order valence-electron chi connectivity index (χ0n) is 8.00. The number of hydrogen-bond donors (Lipinski definition) is 1. The highest BCUT2D eigenvalue weighted by Gasteiger charge is 2.12. The normalized spacial score (nSPS) is 22.2. The van der Waals surface area contributed by atoms with Crippen LogP contribution in [0.3, 0.4) is 0 Å². The van der Waals surface area contributed by atoms with E-state index in [1.807, 2.05) is 23.9 Å². The predicted octanol–water partition coefficient (Wildman–Crippen LogP) is 2.59. The topological polar surface area (TPSA) is 12.0 Å². The van der Waals surface area contributed by atoms with Gasteiger partial charge in [-0.15, -0.1) is 0 Å². The molecule has 3 heteroatoms. The van der Waals surface area contributed by atoms with Gasteiger partial charge in [-0.3, -0.25) is 0 Å². The van der Waals surface area contributed by atoms with E-state index in [1.165, 1.54) is 17.1 Å². The Bertz CT molecular complexity index is 280. The van der Waals surface area contributed by atoms with Gasteiger partial charge in [0.1, 0.15) is 0 Å². The molecule has 0 amide bonds. The second-order valence-corrected chi connectivity index (χ2v) is 5.14. The van der Waals surface area contributed by atoms with Gasteiger partial charge in [0.15, 0.2) is 0 Å². The molecule has 1 fully saturated rings. The van der Waals surface area contributed by atoms with E-state index in [2.05, 4.69) is 17.4 Å². The molecule has 1 aliphatic heterocycles. The lowest BCUT2D eigenvalue weighted by Crippen LogP contribution is -2.38. The van der Waals surface area contributed by atoms with Gasteiger partial charge in [-0.2, -0.15) is 11.8 Å². The van der Waals surface area contributed by atoms with Crippen molar-refractivity contribution in [3.8, 4) is 0 Å². The zero-order chi connectivity index (χ0) is 9.80. The van der Waals surface area contributed by atoms with Crippen LogP contribution in [0.4, 0.5) is 0 Å². The summed E-state index contributed by atoms with van der Waals surface area (Å²) in [6.07, 6.45) is 1.12. The van der Waals surface area contributed by atoms with Crippen LogP contribution >= 0.6 is 23.4 Å². The van der Waals surface area contributed by atoms with E-state index < -0.39 is 0 Å². The highest BCUT2D eigenvalue weighted by molar-refractivity contribution is 7.99. The van der Waals surface area contributed by atoms with Crippen LogP contribution in [0.5, 0.6) is 0 Å². The van der Waals surface area contributed by atoms with Gasteiger partial charge < -0.3 is 5.32 Å². The average molecular weight is 228 g/mol. The lowest BCUT2D eigenvalue weighted by Gasteiger charge is -2.23. The predicted molar refractivity (Wildman–Crippen MR) is 64.3 cm³/mol. The molecule has 1 aliphatic rings. The number of nitrogens with one attached hydrogen (secondary N) is 1. The molecule has 0 saturated carbocycles. The van der Waals surface area contributed by atoms with Crippen LogP contribution in [0.15, 0.2) is 24.3 Å². The fraction of sp³-hybridized carbons (Fsp3) is 0.455. The smallest absolute Gasteiger partial charge is 0.0406 e. The number of hydrogen-bond acceptors (Lipinski definition) is 2. The van der Waals surface area contributed by atoms with E-state index >= 15 is 0 Å². The number of thioether (sulfide) groups is 1. The molecule has 1 N–H and O–H groups in total. The van der Waals surface area contributed by atoms with Crippen LogP contribution < -0.4 is 5.32 Å². The van der Waals surface area contributed by atoms with Crippen molar-refractivity contribution in [3.63, 3.8) is 0 Å². The second-order valence-electron chi connectivity index (χ2n) is 3.56. The minimum absolute atomic E-state index is 0.634. The van der Waals surface area contributed by atoms with E-state index in [4.69, 9.17) is 11.6 Å². The van der Waals surface area contributed by atoms with E-state index in [-0.39, 0.29) is 0 Å². The zero-order valence-corrected chi connectivity index (χ0v) is 9.57. The van der Waals surface area contributed by atoms with Gasteiger partial charge >= 0.3 is 0 Å². The van der Waals surface area contributed by atoms with Gasteiger partial charge in [0.05, 0.1) is 0 Å². The van der Waals surface area contributed by atoms with Crippen molar-refractivity contribution >= 4 is 23.4 Å². The van der Waals surface area contributed by atoms with Crippen LogP contribution in [-0.2, 0) is 6.42 Å².